The maximum atomic E-state index is 11.2. The SMILES string of the molecule is Oc1ccc2c(c1)O[C@H](c1ccc(O)c(O)c1)C[C@H]2c1c(O)cc(O)c2c1OC(c1ccc(O)c(O)c1)[C@@H](O)C2. The van der Waals surface area contributed by atoms with E-state index in [1.54, 1.807) is 12.1 Å². The molecule has 4 aromatic carbocycles. The first-order valence-corrected chi connectivity index (χ1v) is 12.6. The number of hydrogen-bond donors (Lipinski definition) is 8. The minimum absolute atomic E-state index is 0.0261. The van der Waals surface area contributed by atoms with Crippen LogP contribution >= 0.6 is 0 Å². The zero-order valence-electron chi connectivity index (χ0n) is 20.9. The quantitative estimate of drug-likeness (QED) is 0.172. The van der Waals surface area contributed by atoms with Crippen molar-refractivity contribution in [2.45, 2.75) is 37.1 Å². The van der Waals surface area contributed by atoms with Gasteiger partial charge in [-0.1, -0.05) is 18.2 Å². The van der Waals surface area contributed by atoms with E-state index in [2.05, 4.69) is 0 Å². The molecule has 10 nitrogen and oxygen atoms in total. The van der Waals surface area contributed by atoms with Crippen LogP contribution < -0.4 is 9.47 Å². The van der Waals surface area contributed by atoms with Gasteiger partial charge < -0.3 is 50.3 Å². The van der Waals surface area contributed by atoms with Crippen LogP contribution in [-0.2, 0) is 6.42 Å². The molecule has 0 amide bonds. The second-order valence-corrected chi connectivity index (χ2v) is 10.1. The van der Waals surface area contributed by atoms with E-state index in [9.17, 15) is 40.9 Å². The van der Waals surface area contributed by atoms with E-state index in [1.165, 1.54) is 48.5 Å². The van der Waals surface area contributed by atoms with Gasteiger partial charge in [-0.25, -0.2) is 0 Å². The molecule has 8 N–H and O–H groups in total. The third-order valence-electron chi connectivity index (χ3n) is 7.52. The van der Waals surface area contributed by atoms with E-state index in [0.29, 0.717) is 28.0 Å². The topological polar surface area (TPSA) is 180 Å². The fourth-order valence-electron chi connectivity index (χ4n) is 5.56. The molecule has 40 heavy (non-hydrogen) atoms. The lowest BCUT2D eigenvalue weighted by atomic mass is 9.79. The van der Waals surface area contributed by atoms with E-state index in [1.807, 2.05) is 0 Å². The van der Waals surface area contributed by atoms with Gasteiger partial charge in [-0.3, -0.25) is 0 Å². The molecule has 0 radical (unpaired) electrons. The van der Waals surface area contributed by atoms with Crippen LogP contribution in [0.5, 0.6) is 51.7 Å². The molecular weight excluding hydrogens is 520 g/mol. The molecule has 6 rings (SSSR count). The zero-order chi connectivity index (χ0) is 28.3. The number of phenolic OH excluding ortho intramolecular Hbond substituents is 7. The van der Waals surface area contributed by atoms with Gasteiger partial charge in [0.2, 0.25) is 0 Å². The molecule has 0 bridgehead atoms. The summed E-state index contributed by atoms with van der Waals surface area (Å²) in [5.74, 6) is -2.05. The lowest BCUT2D eigenvalue weighted by Crippen LogP contribution is -2.31. The molecule has 2 aliphatic rings. The van der Waals surface area contributed by atoms with Gasteiger partial charge in [-0.05, 0) is 47.9 Å². The number of aromatic hydroxyl groups is 7. The first-order valence-electron chi connectivity index (χ1n) is 12.6. The molecule has 206 valence electrons. The lowest BCUT2D eigenvalue weighted by molar-refractivity contribution is 0.0184. The Morgan fingerprint density at radius 3 is 2.00 bits per heavy atom. The van der Waals surface area contributed by atoms with Gasteiger partial charge in [0, 0.05) is 41.2 Å². The molecule has 0 saturated carbocycles. The summed E-state index contributed by atoms with van der Waals surface area (Å²) in [4.78, 5) is 0. The van der Waals surface area contributed by atoms with Gasteiger partial charge >= 0.3 is 0 Å². The van der Waals surface area contributed by atoms with Crippen molar-refractivity contribution in [1.29, 1.82) is 0 Å². The van der Waals surface area contributed by atoms with Crippen LogP contribution in [0.3, 0.4) is 0 Å². The van der Waals surface area contributed by atoms with E-state index in [-0.39, 0.29) is 58.7 Å². The van der Waals surface area contributed by atoms with Gasteiger partial charge in [0.1, 0.15) is 41.0 Å². The number of phenols is 7. The van der Waals surface area contributed by atoms with Crippen LogP contribution in [0.2, 0.25) is 0 Å². The minimum atomic E-state index is -1.12. The largest absolute Gasteiger partial charge is 0.508 e. The van der Waals surface area contributed by atoms with Crippen LogP contribution in [0.15, 0.2) is 60.7 Å². The third-order valence-corrected chi connectivity index (χ3v) is 7.52. The second kappa shape index (κ2) is 9.35. The van der Waals surface area contributed by atoms with E-state index in [4.69, 9.17) is 9.47 Å². The van der Waals surface area contributed by atoms with Gasteiger partial charge in [0.05, 0.1) is 6.10 Å². The summed E-state index contributed by atoms with van der Waals surface area (Å²) in [6, 6.07) is 14.1. The van der Waals surface area contributed by atoms with Gasteiger partial charge in [-0.15, -0.1) is 0 Å². The lowest BCUT2D eigenvalue weighted by Gasteiger charge is -2.37. The molecule has 10 heteroatoms. The van der Waals surface area contributed by atoms with Crippen molar-refractivity contribution in [2.24, 2.45) is 0 Å². The molecule has 0 aromatic heterocycles. The molecular formula is C30H26O10. The average Bonchev–Trinajstić information content (AvgIpc) is 2.91. The fourth-order valence-corrected chi connectivity index (χ4v) is 5.56. The molecule has 1 unspecified atom stereocenters. The second-order valence-electron chi connectivity index (χ2n) is 10.1. The van der Waals surface area contributed by atoms with Crippen LogP contribution in [0.4, 0.5) is 0 Å². The normalized spacial score (nSPS) is 21.5. The number of fused-ring (bicyclic) bond motifs is 2. The Kier molecular flexibility index (Phi) is 5.92. The van der Waals surface area contributed by atoms with Crippen molar-refractivity contribution in [3.8, 4) is 51.7 Å². The predicted octanol–water partition coefficient (Wildman–Crippen LogP) is 4.32. The Balaban J connectivity index is 1.49. The highest BCUT2D eigenvalue weighted by molar-refractivity contribution is 5.63. The number of rotatable bonds is 3. The Labute approximate surface area is 227 Å². The van der Waals surface area contributed by atoms with Crippen molar-refractivity contribution in [2.75, 3.05) is 0 Å². The van der Waals surface area contributed by atoms with Crippen LogP contribution in [0, 0.1) is 0 Å². The van der Waals surface area contributed by atoms with Crippen molar-refractivity contribution in [1.82, 2.24) is 0 Å². The molecule has 0 aliphatic carbocycles. The number of hydrogen-bond acceptors (Lipinski definition) is 10. The van der Waals surface area contributed by atoms with Crippen LogP contribution in [0.1, 0.15) is 52.4 Å². The Hall–Kier alpha value is -4.96. The predicted molar refractivity (Wildman–Crippen MR) is 140 cm³/mol. The standard InChI is InChI=1S/C30H26O10/c31-15-3-4-16-17(11-26(39-27(16)9-15)13-1-5-19(32)22(35)7-13)28-24(37)12-21(34)18-10-25(38)29(40-30(18)28)14-2-6-20(33)23(36)8-14/h1-9,12,17,25-26,29,31-38H,10-11H2/t17-,25+,26+,29?/m1/s1. The maximum absolute atomic E-state index is 11.2. The number of aliphatic hydroxyl groups is 1. The summed E-state index contributed by atoms with van der Waals surface area (Å²) in [7, 11) is 0. The summed E-state index contributed by atoms with van der Waals surface area (Å²) >= 11 is 0. The number of aliphatic hydroxyl groups excluding tert-OH is 1. The van der Waals surface area contributed by atoms with Crippen LogP contribution in [0.25, 0.3) is 0 Å². The molecule has 4 aromatic rings. The Bertz CT molecular complexity index is 1630. The highest BCUT2D eigenvalue weighted by Gasteiger charge is 2.40. The minimum Gasteiger partial charge on any atom is -0.508 e. The van der Waals surface area contributed by atoms with Crippen molar-refractivity contribution in [3.05, 3.63) is 88.5 Å². The summed E-state index contributed by atoms with van der Waals surface area (Å²) in [6.07, 6.45) is -2.58. The van der Waals surface area contributed by atoms with Crippen molar-refractivity contribution < 1.29 is 50.3 Å². The fraction of sp³-hybridized carbons (Fsp3) is 0.200. The van der Waals surface area contributed by atoms with E-state index >= 15 is 0 Å². The Morgan fingerprint density at radius 1 is 0.625 bits per heavy atom. The Morgan fingerprint density at radius 2 is 1.30 bits per heavy atom. The summed E-state index contributed by atoms with van der Waals surface area (Å²) < 4.78 is 12.4. The summed E-state index contributed by atoms with van der Waals surface area (Å²) in [5.41, 5.74) is 2.13. The van der Waals surface area contributed by atoms with Gasteiger partial charge in [-0.2, -0.15) is 0 Å². The molecule has 0 saturated heterocycles. The van der Waals surface area contributed by atoms with Gasteiger partial charge in [0.25, 0.3) is 0 Å². The van der Waals surface area contributed by atoms with Crippen LogP contribution in [-0.4, -0.2) is 47.0 Å². The first kappa shape index (κ1) is 25.3. The highest BCUT2D eigenvalue weighted by Crippen LogP contribution is 2.55. The van der Waals surface area contributed by atoms with Gasteiger partial charge in [0.15, 0.2) is 23.0 Å². The van der Waals surface area contributed by atoms with Crippen molar-refractivity contribution >= 4 is 0 Å². The van der Waals surface area contributed by atoms with Crippen molar-refractivity contribution in [3.63, 3.8) is 0 Å². The molecule has 2 aliphatic heterocycles. The molecule has 0 spiro atoms. The number of ether oxygens (including phenoxy) is 2. The first-order chi connectivity index (χ1) is 19.1. The smallest absolute Gasteiger partial charge is 0.157 e. The highest BCUT2D eigenvalue weighted by atomic mass is 16.5. The number of benzene rings is 4. The monoisotopic (exact) mass is 546 g/mol. The van der Waals surface area contributed by atoms with E-state index in [0.717, 1.165) is 0 Å². The summed E-state index contributed by atoms with van der Waals surface area (Å²) in [6.45, 7) is 0. The zero-order valence-corrected chi connectivity index (χ0v) is 20.9. The average molecular weight is 547 g/mol. The summed E-state index contributed by atoms with van der Waals surface area (Å²) in [5, 5.41) is 82.6. The van der Waals surface area contributed by atoms with E-state index < -0.39 is 30.0 Å². The third kappa shape index (κ3) is 4.18. The maximum Gasteiger partial charge on any atom is 0.157 e. The molecule has 2 heterocycles. The molecule has 4 atom stereocenters. The molecule has 0 fully saturated rings.